The van der Waals surface area contributed by atoms with Crippen LogP contribution in [-0.4, -0.2) is 64.6 Å². The summed E-state index contributed by atoms with van der Waals surface area (Å²) in [4.78, 5) is 24.8. The molecule has 0 aromatic carbocycles. The SMILES string of the molecule is Cc1n[nH]c(C)c1C(=O)N1CCS(=O)(=O)CC1CC(=O)O. The third-order valence-electron chi connectivity index (χ3n) is 3.54. The number of hydrogen-bond acceptors (Lipinski definition) is 5. The van der Waals surface area contributed by atoms with Gasteiger partial charge in [0.25, 0.3) is 5.91 Å². The van der Waals surface area contributed by atoms with E-state index >= 15 is 0 Å². The number of aromatic nitrogens is 2. The number of aliphatic carboxylic acids is 1. The van der Waals surface area contributed by atoms with Gasteiger partial charge in [-0.2, -0.15) is 5.10 Å². The molecule has 1 aliphatic heterocycles. The second-order valence-electron chi connectivity index (χ2n) is 5.17. The predicted molar refractivity (Wildman–Crippen MR) is 73.8 cm³/mol. The Morgan fingerprint density at radius 2 is 2.10 bits per heavy atom. The number of rotatable bonds is 3. The molecule has 1 saturated heterocycles. The number of H-pyrrole nitrogens is 1. The van der Waals surface area contributed by atoms with E-state index in [0.717, 1.165) is 0 Å². The van der Waals surface area contributed by atoms with Crippen LogP contribution in [0.15, 0.2) is 0 Å². The molecule has 9 heteroatoms. The molecular weight excluding hydrogens is 298 g/mol. The van der Waals surface area contributed by atoms with E-state index < -0.39 is 21.8 Å². The highest BCUT2D eigenvalue weighted by Gasteiger charge is 2.36. The number of carboxylic acid groups (broad SMARTS) is 1. The Balaban J connectivity index is 2.32. The highest BCUT2D eigenvalue weighted by atomic mass is 32.2. The Hall–Kier alpha value is -1.90. The van der Waals surface area contributed by atoms with Gasteiger partial charge in [-0.1, -0.05) is 0 Å². The molecule has 1 fully saturated rings. The Bertz CT molecular complexity index is 660. The molecule has 21 heavy (non-hydrogen) atoms. The fourth-order valence-electron chi connectivity index (χ4n) is 2.53. The number of carbonyl (C=O) groups excluding carboxylic acids is 1. The minimum atomic E-state index is -3.31. The van der Waals surface area contributed by atoms with Gasteiger partial charge in [0.2, 0.25) is 0 Å². The maximum Gasteiger partial charge on any atom is 0.305 e. The number of nitrogens with one attached hydrogen (secondary N) is 1. The molecule has 2 rings (SSSR count). The van der Waals surface area contributed by atoms with Crippen LogP contribution in [0.25, 0.3) is 0 Å². The summed E-state index contributed by atoms with van der Waals surface area (Å²) in [5, 5.41) is 15.6. The maximum atomic E-state index is 12.6. The Labute approximate surface area is 122 Å². The van der Waals surface area contributed by atoms with Crippen LogP contribution in [0.4, 0.5) is 0 Å². The number of aromatic amines is 1. The fourth-order valence-corrected chi connectivity index (χ4v) is 4.06. The molecule has 0 spiro atoms. The largest absolute Gasteiger partial charge is 0.481 e. The van der Waals surface area contributed by atoms with Crippen molar-refractivity contribution in [2.75, 3.05) is 18.1 Å². The summed E-state index contributed by atoms with van der Waals surface area (Å²) in [6, 6.07) is -0.845. The van der Waals surface area contributed by atoms with Crippen molar-refractivity contribution < 1.29 is 23.1 Å². The quantitative estimate of drug-likeness (QED) is 0.793. The third kappa shape index (κ3) is 3.23. The first-order valence-electron chi connectivity index (χ1n) is 6.46. The van der Waals surface area contributed by atoms with Gasteiger partial charge in [0, 0.05) is 12.2 Å². The molecule has 0 saturated carbocycles. The van der Waals surface area contributed by atoms with Crippen LogP contribution in [0.3, 0.4) is 0 Å². The standard InChI is InChI=1S/C12H17N3O5S/c1-7-11(8(2)14-13-7)12(18)15-3-4-21(19,20)6-9(15)5-10(16)17/h9H,3-6H2,1-2H3,(H,13,14)(H,16,17). The number of nitrogens with zero attached hydrogens (tertiary/aromatic N) is 2. The highest BCUT2D eigenvalue weighted by molar-refractivity contribution is 7.91. The maximum absolute atomic E-state index is 12.6. The smallest absolute Gasteiger partial charge is 0.305 e. The second-order valence-corrected chi connectivity index (χ2v) is 7.40. The highest BCUT2D eigenvalue weighted by Crippen LogP contribution is 2.20. The van der Waals surface area contributed by atoms with E-state index in [0.29, 0.717) is 17.0 Å². The molecule has 2 heterocycles. The number of hydrogen-bond donors (Lipinski definition) is 2. The molecule has 8 nitrogen and oxygen atoms in total. The molecule has 2 N–H and O–H groups in total. The molecule has 1 atom stereocenters. The molecule has 1 aliphatic rings. The van der Waals surface area contributed by atoms with E-state index in [9.17, 15) is 18.0 Å². The first-order chi connectivity index (χ1) is 9.71. The van der Waals surface area contributed by atoms with Gasteiger partial charge in [0.15, 0.2) is 9.84 Å². The average molecular weight is 315 g/mol. The van der Waals surface area contributed by atoms with E-state index in [4.69, 9.17) is 5.11 Å². The zero-order valence-electron chi connectivity index (χ0n) is 11.8. The van der Waals surface area contributed by atoms with Crippen LogP contribution >= 0.6 is 0 Å². The van der Waals surface area contributed by atoms with Crippen LogP contribution in [0.1, 0.15) is 28.2 Å². The second kappa shape index (κ2) is 5.47. The normalized spacial score (nSPS) is 21.2. The van der Waals surface area contributed by atoms with Gasteiger partial charge in [-0.05, 0) is 13.8 Å². The van der Waals surface area contributed by atoms with Gasteiger partial charge < -0.3 is 10.0 Å². The number of carbonyl (C=O) groups is 2. The van der Waals surface area contributed by atoms with E-state index in [1.807, 2.05) is 0 Å². The Kier molecular flexibility index (Phi) is 4.04. The zero-order valence-corrected chi connectivity index (χ0v) is 12.6. The van der Waals surface area contributed by atoms with Gasteiger partial charge in [-0.3, -0.25) is 14.7 Å². The molecule has 1 aromatic heterocycles. The topological polar surface area (TPSA) is 120 Å². The first kappa shape index (κ1) is 15.5. The van der Waals surface area contributed by atoms with Crippen molar-refractivity contribution >= 4 is 21.7 Å². The molecule has 116 valence electrons. The molecular formula is C12H17N3O5S. The average Bonchev–Trinajstić information content (AvgIpc) is 2.66. The number of sulfone groups is 1. The van der Waals surface area contributed by atoms with Crippen molar-refractivity contribution in [2.24, 2.45) is 0 Å². The number of amides is 1. The lowest BCUT2D eigenvalue weighted by Gasteiger charge is -2.34. The molecule has 1 aromatic rings. The van der Waals surface area contributed by atoms with E-state index in [1.165, 1.54) is 4.90 Å². The van der Waals surface area contributed by atoms with Gasteiger partial charge in [-0.15, -0.1) is 0 Å². The summed E-state index contributed by atoms with van der Waals surface area (Å²) in [6.45, 7) is 3.37. The lowest BCUT2D eigenvalue weighted by Crippen LogP contribution is -2.52. The molecule has 0 radical (unpaired) electrons. The predicted octanol–water partition coefficient (Wildman–Crippen LogP) is -0.260. The monoisotopic (exact) mass is 315 g/mol. The van der Waals surface area contributed by atoms with Gasteiger partial charge >= 0.3 is 5.97 Å². The molecule has 1 amide bonds. The van der Waals surface area contributed by atoms with Crippen molar-refractivity contribution in [3.8, 4) is 0 Å². The Morgan fingerprint density at radius 3 is 2.62 bits per heavy atom. The summed E-state index contributed by atoms with van der Waals surface area (Å²) in [7, 11) is -3.31. The summed E-state index contributed by atoms with van der Waals surface area (Å²) >= 11 is 0. The van der Waals surface area contributed by atoms with E-state index in [-0.39, 0.29) is 30.4 Å². The van der Waals surface area contributed by atoms with Crippen molar-refractivity contribution in [3.05, 3.63) is 17.0 Å². The minimum absolute atomic E-state index is 0.00315. The van der Waals surface area contributed by atoms with Crippen LogP contribution in [0.5, 0.6) is 0 Å². The van der Waals surface area contributed by atoms with Crippen molar-refractivity contribution in [1.29, 1.82) is 0 Å². The lowest BCUT2D eigenvalue weighted by molar-refractivity contribution is -0.138. The van der Waals surface area contributed by atoms with Crippen molar-refractivity contribution in [1.82, 2.24) is 15.1 Å². The Morgan fingerprint density at radius 1 is 1.43 bits per heavy atom. The summed E-state index contributed by atoms with van der Waals surface area (Å²) in [6.07, 6.45) is -0.388. The van der Waals surface area contributed by atoms with Crippen LogP contribution < -0.4 is 0 Å². The number of carboxylic acids is 1. The van der Waals surface area contributed by atoms with Gasteiger partial charge in [-0.25, -0.2) is 8.42 Å². The van der Waals surface area contributed by atoms with E-state index in [1.54, 1.807) is 13.8 Å². The molecule has 0 bridgehead atoms. The van der Waals surface area contributed by atoms with Crippen LogP contribution in [-0.2, 0) is 14.6 Å². The van der Waals surface area contributed by atoms with Crippen molar-refractivity contribution in [2.45, 2.75) is 26.3 Å². The number of aryl methyl sites for hydroxylation is 2. The first-order valence-corrected chi connectivity index (χ1v) is 8.28. The lowest BCUT2D eigenvalue weighted by atomic mass is 10.1. The van der Waals surface area contributed by atoms with Gasteiger partial charge in [0.05, 0.1) is 35.2 Å². The summed E-state index contributed by atoms with van der Waals surface area (Å²) in [5.41, 5.74) is 1.48. The van der Waals surface area contributed by atoms with Crippen LogP contribution in [0, 0.1) is 13.8 Å². The fraction of sp³-hybridized carbons (Fsp3) is 0.583. The van der Waals surface area contributed by atoms with Crippen molar-refractivity contribution in [3.63, 3.8) is 0 Å². The van der Waals surface area contributed by atoms with E-state index in [2.05, 4.69) is 10.2 Å². The van der Waals surface area contributed by atoms with Crippen LogP contribution in [0.2, 0.25) is 0 Å². The third-order valence-corrected chi connectivity index (χ3v) is 5.24. The summed E-state index contributed by atoms with van der Waals surface area (Å²) < 4.78 is 23.4. The summed E-state index contributed by atoms with van der Waals surface area (Å²) in [5.74, 6) is -1.97. The van der Waals surface area contributed by atoms with Gasteiger partial charge in [0.1, 0.15) is 0 Å². The minimum Gasteiger partial charge on any atom is -0.481 e. The zero-order chi connectivity index (χ0) is 15.8. The molecule has 1 unspecified atom stereocenters. The molecule has 0 aliphatic carbocycles.